The van der Waals surface area contributed by atoms with Crippen molar-refractivity contribution in [1.82, 2.24) is 24.9 Å². The first-order chi connectivity index (χ1) is 72.0. The Morgan fingerprint density at radius 1 is 0.235 bits per heavy atom. The van der Waals surface area contributed by atoms with E-state index in [1.54, 1.807) is 12.1 Å². The summed E-state index contributed by atoms with van der Waals surface area (Å²) in [6, 6.07) is 108. The maximum atomic E-state index is 13.3. The van der Waals surface area contributed by atoms with Gasteiger partial charge in [0.2, 0.25) is 57.0 Å². The normalized spacial score (nSPS) is 11.5. The Hall–Kier alpha value is -17.4. The highest BCUT2D eigenvalue weighted by atomic mass is 19.1. The first kappa shape index (κ1) is 97.7. The van der Waals surface area contributed by atoms with E-state index >= 15 is 0 Å². The molecule has 0 saturated heterocycles. The van der Waals surface area contributed by atoms with E-state index in [1.807, 2.05) is 90.3 Å². The molecule has 0 atom stereocenters. The standard InChI is InChI=1S/C29H29N2O.C28H27N2O.C26H23N2O.C25H20FN2O.C25H21N2O/c1-18(2)16-21-8-10-22(11-9-21)23-14-15-31(5)26(17-23)27-19(3)6-12-24-25-13-7-20(4)30-29(25)32-28(24)27;1-17(2)20-8-10-21(11-9-20)22-14-15-30(5)25(16-22)26-18(3)6-12-23-24-13-7-19(4)29-28(24)31-27(23)26;1-16-5-9-19(10-6-16)20-13-14-28(4)23(15-20)24-17(2)7-11-21-22-12-8-18(3)27-26(22)29-25(21)24;1-15-4-10-20-21-11-5-16(2)27-25(21)29-24(20)23(15)22-14-18(12-13-28(22)3)17-6-8-19(26)9-7-17;1-16-9-11-20-21-12-10-17(2)26-25(21)28-24(20)23(16)22-15-19(13-14-27(22)3)18-7-5-4-6-8-18/h6-15,17-18H,16H2,1-5H3;6-17H,1-5H3;5-15H,1-4H3;4-14H,1-3H3;4-15H,1-3H3/q5*+1. The fourth-order valence-electron chi connectivity index (χ4n) is 20.5. The lowest BCUT2D eigenvalue weighted by molar-refractivity contribution is -0.660. The predicted molar refractivity (Wildman–Crippen MR) is 603 cm³/mol. The van der Waals surface area contributed by atoms with Crippen LogP contribution in [0.4, 0.5) is 4.39 Å². The molecule has 0 N–H and O–H groups in total. The van der Waals surface area contributed by atoms with E-state index in [4.69, 9.17) is 22.1 Å². The molecule has 734 valence electrons. The van der Waals surface area contributed by atoms with Crippen molar-refractivity contribution >= 4 is 110 Å². The Morgan fingerprint density at radius 3 is 0.711 bits per heavy atom. The molecule has 0 aliphatic carbocycles. The molecule has 15 aromatic heterocycles. The number of nitrogens with zero attached hydrogens (tertiary/aromatic N) is 10. The van der Waals surface area contributed by atoms with E-state index in [0.29, 0.717) is 40.4 Å². The van der Waals surface area contributed by atoms with Crippen LogP contribution in [0.5, 0.6) is 0 Å². The molecule has 0 aliphatic heterocycles. The van der Waals surface area contributed by atoms with Crippen LogP contribution in [-0.4, -0.2) is 24.9 Å². The highest BCUT2D eigenvalue weighted by Crippen LogP contribution is 2.45. The van der Waals surface area contributed by atoms with Crippen LogP contribution in [0.3, 0.4) is 0 Å². The predicted octanol–water partition coefficient (Wildman–Crippen LogP) is 31.6. The van der Waals surface area contributed by atoms with Gasteiger partial charge in [-0.25, -0.2) is 52.1 Å². The van der Waals surface area contributed by atoms with Crippen molar-refractivity contribution in [3.05, 3.63) is 419 Å². The van der Waals surface area contributed by atoms with Crippen molar-refractivity contribution < 1.29 is 49.3 Å². The Morgan fingerprint density at radius 2 is 0.463 bits per heavy atom. The molecule has 16 heteroatoms. The zero-order valence-electron chi connectivity index (χ0n) is 88.1. The van der Waals surface area contributed by atoms with Gasteiger partial charge in [-0.2, -0.15) is 0 Å². The number of pyridine rings is 10. The zero-order chi connectivity index (χ0) is 104. The number of furan rings is 5. The molecule has 15 nitrogen and oxygen atoms in total. The number of hydrogen-bond acceptors (Lipinski definition) is 10. The van der Waals surface area contributed by atoms with Gasteiger partial charge < -0.3 is 22.1 Å². The summed E-state index contributed by atoms with van der Waals surface area (Å²) in [5.41, 5.74) is 45.3. The number of hydrogen-bond donors (Lipinski definition) is 0. The van der Waals surface area contributed by atoms with E-state index in [-0.39, 0.29) is 5.82 Å². The van der Waals surface area contributed by atoms with Crippen molar-refractivity contribution in [2.75, 3.05) is 0 Å². The highest BCUT2D eigenvalue weighted by molar-refractivity contribution is 6.13. The molecule has 0 aliphatic rings. The first-order valence-electron chi connectivity index (χ1n) is 51.0. The maximum absolute atomic E-state index is 13.3. The number of halogens is 1. The number of benzene rings is 10. The van der Waals surface area contributed by atoms with Crippen LogP contribution in [0.15, 0.2) is 362 Å². The van der Waals surface area contributed by atoms with Gasteiger partial charge in [0.25, 0.3) is 0 Å². The van der Waals surface area contributed by atoms with E-state index < -0.39 is 0 Å². The molecule has 0 amide bonds. The quantitative estimate of drug-likeness (QED) is 0.102. The van der Waals surface area contributed by atoms with Gasteiger partial charge in [-0.05, 0) is 262 Å². The van der Waals surface area contributed by atoms with Crippen molar-refractivity contribution in [3.8, 4) is 112 Å². The second-order valence-electron chi connectivity index (χ2n) is 40.6. The third-order valence-corrected chi connectivity index (χ3v) is 28.8. The van der Waals surface area contributed by atoms with Gasteiger partial charge in [-0.1, -0.05) is 209 Å². The summed E-state index contributed by atoms with van der Waals surface area (Å²) in [6.07, 6.45) is 11.6. The second kappa shape index (κ2) is 40.6. The average molecular weight is 1960 g/mol. The van der Waals surface area contributed by atoms with Gasteiger partial charge in [-0.3, -0.25) is 0 Å². The maximum Gasteiger partial charge on any atom is 0.227 e. The van der Waals surface area contributed by atoms with E-state index in [2.05, 4.69) is 413 Å². The Labute approximate surface area is 867 Å². The third kappa shape index (κ3) is 19.4. The number of aryl methyl sites for hydroxylation is 16. The van der Waals surface area contributed by atoms with Crippen molar-refractivity contribution in [1.29, 1.82) is 0 Å². The fraction of sp³-hybridized carbons (Fsp3) is 0.173. The van der Waals surface area contributed by atoms with Crippen LogP contribution >= 0.6 is 0 Å². The molecule has 15 heterocycles. The minimum Gasteiger partial charge on any atom is -0.437 e. The molecular weight excluding hydrogens is 1840 g/mol. The van der Waals surface area contributed by atoms with Crippen LogP contribution in [0.1, 0.15) is 107 Å². The first-order valence-corrected chi connectivity index (χ1v) is 51.0. The molecule has 0 radical (unpaired) electrons. The molecular formula is C133H120FN10O5+5. The molecule has 25 rings (SSSR count). The van der Waals surface area contributed by atoms with Gasteiger partial charge in [-0.15, -0.1) is 0 Å². The number of aromatic nitrogens is 10. The lowest BCUT2D eigenvalue weighted by Gasteiger charge is -2.09. The Bertz CT molecular complexity index is 9280. The van der Waals surface area contributed by atoms with Crippen LogP contribution in [0, 0.1) is 87.9 Å². The van der Waals surface area contributed by atoms with Crippen LogP contribution in [0.25, 0.3) is 222 Å². The van der Waals surface area contributed by atoms with Gasteiger partial charge in [0.1, 0.15) is 41.1 Å². The Balaban J connectivity index is 0.000000109. The topological polar surface area (TPSA) is 150 Å². The largest absolute Gasteiger partial charge is 0.437 e. The molecule has 0 fully saturated rings. The summed E-state index contributed by atoms with van der Waals surface area (Å²) in [7, 11) is 10.4. The minimum absolute atomic E-state index is 0.235. The average Bonchev–Trinajstić information content (AvgIpc) is 1.62. The minimum atomic E-state index is -0.235. The third-order valence-electron chi connectivity index (χ3n) is 28.8. The fourth-order valence-corrected chi connectivity index (χ4v) is 20.5. The van der Waals surface area contributed by atoms with Crippen molar-refractivity contribution in [2.45, 2.75) is 116 Å². The summed E-state index contributed by atoms with van der Waals surface area (Å²) in [5, 5.41) is 10.7. The van der Waals surface area contributed by atoms with Gasteiger partial charge in [0.15, 0.2) is 58.9 Å². The lowest BCUT2D eigenvalue weighted by atomic mass is 9.96. The van der Waals surface area contributed by atoms with Crippen LogP contribution in [-0.2, 0) is 41.7 Å². The van der Waals surface area contributed by atoms with E-state index in [9.17, 15) is 4.39 Å². The highest BCUT2D eigenvalue weighted by Gasteiger charge is 2.30. The monoisotopic (exact) mass is 1960 g/mol. The second-order valence-corrected chi connectivity index (χ2v) is 40.6. The van der Waals surface area contributed by atoms with Crippen LogP contribution < -0.4 is 22.8 Å². The summed E-state index contributed by atoms with van der Waals surface area (Å²) >= 11 is 0. The molecule has 25 aromatic rings. The summed E-state index contributed by atoms with van der Waals surface area (Å²) in [4.78, 5) is 23.0. The zero-order valence-corrected chi connectivity index (χ0v) is 88.1. The van der Waals surface area contributed by atoms with E-state index in [1.165, 1.54) is 95.6 Å². The van der Waals surface area contributed by atoms with Crippen molar-refractivity contribution in [3.63, 3.8) is 0 Å². The van der Waals surface area contributed by atoms with Gasteiger partial charge in [0, 0.05) is 143 Å². The summed E-state index contributed by atoms with van der Waals surface area (Å²) in [5.74, 6) is 0.957. The van der Waals surface area contributed by atoms with Crippen LogP contribution in [0.2, 0.25) is 0 Å². The number of fused-ring (bicyclic) bond motifs is 15. The smallest absolute Gasteiger partial charge is 0.227 e. The van der Waals surface area contributed by atoms with Crippen molar-refractivity contribution in [2.24, 2.45) is 41.2 Å². The van der Waals surface area contributed by atoms with Gasteiger partial charge >= 0.3 is 0 Å². The molecule has 0 unspecified atom stereocenters. The number of rotatable bonds is 13. The Kier molecular flexibility index (Phi) is 26.6. The molecule has 10 aromatic carbocycles. The molecule has 0 spiro atoms. The molecule has 0 bridgehead atoms. The SMILES string of the molecule is Cc1ccc(-c2cc[n+](C)c(-c3c(C)ccc4c3oc3nc(C)ccc34)c2)cc1.Cc1ccc2c(n1)oc1c(-c3cc(-c4ccc(C(C)C)cc4)cc[n+]3C)c(C)ccc12.Cc1ccc2c(n1)oc1c(-c3cc(-c4ccc(CC(C)C)cc4)cc[n+]3C)c(C)ccc12.Cc1ccc2c(n1)oc1c(-c3cc(-c4ccc(F)cc4)cc[n+]3C)c(C)ccc12.Cc1ccc2c(n1)oc1c(-c3cc(-c4ccccc4)cc[n+]3C)c(C)ccc12. The molecule has 149 heavy (non-hydrogen) atoms. The molecule has 0 saturated carbocycles. The van der Waals surface area contributed by atoms with Gasteiger partial charge in [0.05, 0.1) is 27.8 Å². The summed E-state index contributed by atoms with van der Waals surface area (Å²) in [6.45, 7) is 31.7. The lowest BCUT2D eigenvalue weighted by Crippen LogP contribution is -2.30. The summed E-state index contributed by atoms with van der Waals surface area (Å²) < 4.78 is 55.5. The van der Waals surface area contributed by atoms with E-state index in [0.717, 1.165) is 190 Å².